The van der Waals surface area contributed by atoms with Gasteiger partial charge in [0.1, 0.15) is 11.6 Å². The molecule has 0 aliphatic rings. The Morgan fingerprint density at radius 2 is 1.81 bits per heavy atom. The van der Waals surface area contributed by atoms with Crippen LogP contribution >= 0.6 is 0 Å². The third-order valence-electron chi connectivity index (χ3n) is 6.28. The van der Waals surface area contributed by atoms with E-state index in [1.807, 2.05) is 62.5 Å². The number of halogens is 1. The van der Waals surface area contributed by atoms with Crippen LogP contribution in [0.4, 0.5) is 4.39 Å². The first-order valence-corrected chi connectivity index (χ1v) is 12.2. The Hall–Kier alpha value is -3.90. The van der Waals surface area contributed by atoms with Crippen LogP contribution in [0.5, 0.6) is 5.75 Å². The van der Waals surface area contributed by atoms with E-state index in [0.717, 1.165) is 34.0 Å². The van der Waals surface area contributed by atoms with Crippen molar-refractivity contribution in [2.45, 2.75) is 32.2 Å². The molecule has 0 spiro atoms. The molecule has 0 saturated carbocycles. The number of hydrogen-bond acceptors (Lipinski definition) is 3. The van der Waals surface area contributed by atoms with E-state index in [-0.39, 0.29) is 24.2 Å². The zero-order valence-corrected chi connectivity index (χ0v) is 20.5. The van der Waals surface area contributed by atoms with Crippen LogP contribution in [0.1, 0.15) is 53.2 Å². The summed E-state index contributed by atoms with van der Waals surface area (Å²) in [7, 11) is 0. The van der Waals surface area contributed by atoms with Crippen LogP contribution in [0, 0.1) is 5.82 Å². The Morgan fingerprint density at radius 3 is 2.56 bits per heavy atom. The lowest BCUT2D eigenvalue weighted by atomic mass is 9.93. The standard InChI is InChI=1S/C30H31FN2O3/c1-3-16-36-29-15-12-22(9-8-21-10-13-23(31)14-11-21)17-25(29)30(35)33-28(19-34)20(2)26-18-32-27-7-5-4-6-24(26)27/h4-15,17-18,20,28,32,34H,3,16,19H2,1-2H3,(H,33,35)/t20-,28?/m1/s1. The maximum atomic E-state index is 13.4. The largest absolute Gasteiger partial charge is 0.493 e. The summed E-state index contributed by atoms with van der Waals surface area (Å²) >= 11 is 0. The molecule has 5 nitrogen and oxygen atoms in total. The zero-order valence-electron chi connectivity index (χ0n) is 20.5. The van der Waals surface area contributed by atoms with Crippen LogP contribution < -0.4 is 10.1 Å². The number of H-pyrrole nitrogens is 1. The molecule has 1 amide bonds. The number of hydrogen-bond donors (Lipinski definition) is 3. The molecule has 6 heteroatoms. The lowest BCUT2D eigenvalue weighted by molar-refractivity contribution is 0.0903. The average molecular weight is 487 g/mol. The topological polar surface area (TPSA) is 74.3 Å². The highest BCUT2D eigenvalue weighted by Gasteiger charge is 2.24. The second-order valence-electron chi connectivity index (χ2n) is 8.83. The number of carbonyl (C=O) groups is 1. The second kappa shape index (κ2) is 11.7. The Labute approximate surface area is 210 Å². The molecular formula is C30H31FN2O3. The van der Waals surface area contributed by atoms with Crippen LogP contribution in [-0.2, 0) is 0 Å². The maximum Gasteiger partial charge on any atom is 0.255 e. The number of nitrogens with one attached hydrogen (secondary N) is 2. The molecule has 36 heavy (non-hydrogen) atoms. The molecule has 1 aromatic heterocycles. The molecule has 0 fully saturated rings. The van der Waals surface area contributed by atoms with Crippen molar-refractivity contribution in [1.82, 2.24) is 10.3 Å². The summed E-state index contributed by atoms with van der Waals surface area (Å²) in [5.74, 6) is -0.242. The number of rotatable bonds is 10. The highest BCUT2D eigenvalue weighted by molar-refractivity contribution is 5.98. The molecular weight excluding hydrogens is 455 g/mol. The molecule has 4 aromatic rings. The summed E-state index contributed by atoms with van der Waals surface area (Å²) in [5, 5.41) is 14.2. The van der Waals surface area contributed by atoms with Gasteiger partial charge in [-0.3, -0.25) is 4.79 Å². The van der Waals surface area contributed by atoms with Gasteiger partial charge in [0.2, 0.25) is 0 Å². The first-order chi connectivity index (χ1) is 17.5. The smallest absolute Gasteiger partial charge is 0.255 e. The van der Waals surface area contributed by atoms with E-state index in [2.05, 4.69) is 10.3 Å². The molecule has 0 bridgehead atoms. The fraction of sp³-hybridized carbons (Fsp3) is 0.233. The van der Waals surface area contributed by atoms with Crippen molar-refractivity contribution in [2.24, 2.45) is 0 Å². The molecule has 3 N–H and O–H groups in total. The molecule has 0 saturated heterocycles. The quantitative estimate of drug-likeness (QED) is 0.235. The van der Waals surface area contributed by atoms with E-state index < -0.39 is 6.04 Å². The predicted molar refractivity (Wildman–Crippen MR) is 143 cm³/mol. The fourth-order valence-corrected chi connectivity index (χ4v) is 4.20. The molecule has 1 heterocycles. The van der Waals surface area contributed by atoms with E-state index in [9.17, 15) is 14.3 Å². The van der Waals surface area contributed by atoms with Crippen LogP contribution in [0.2, 0.25) is 0 Å². The third kappa shape index (κ3) is 5.83. The van der Waals surface area contributed by atoms with Crippen molar-refractivity contribution in [3.05, 3.63) is 101 Å². The van der Waals surface area contributed by atoms with Gasteiger partial charge in [0.15, 0.2) is 0 Å². The molecule has 2 atom stereocenters. The number of fused-ring (bicyclic) bond motifs is 1. The first kappa shape index (κ1) is 25.2. The molecule has 0 radical (unpaired) electrons. The van der Waals surface area contributed by atoms with Gasteiger partial charge in [-0.15, -0.1) is 0 Å². The predicted octanol–water partition coefficient (Wildman–Crippen LogP) is 6.16. The van der Waals surface area contributed by atoms with E-state index in [0.29, 0.717) is 17.9 Å². The highest BCUT2D eigenvalue weighted by Crippen LogP contribution is 2.28. The lowest BCUT2D eigenvalue weighted by Gasteiger charge is -2.24. The van der Waals surface area contributed by atoms with Crippen molar-refractivity contribution < 1.29 is 19.0 Å². The minimum atomic E-state index is -0.492. The normalized spacial score (nSPS) is 13.1. The second-order valence-corrected chi connectivity index (χ2v) is 8.83. The number of ether oxygens (including phenoxy) is 1. The Bertz CT molecular complexity index is 1340. The summed E-state index contributed by atoms with van der Waals surface area (Å²) in [4.78, 5) is 16.7. The first-order valence-electron chi connectivity index (χ1n) is 12.2. The van der Waals surface area contributed by atoms with Crippen LogP contribution in [0.25, 0.3) is 23.1 Å². The van der Waals surface area contributed by atoms with Crippen molar-refractivity contribution in [3.8, 4) is 5.75 Å². The minimum Gasteiger partial charge on any atom is -0.493 e. The number of aliphatic hydroxyl groups is 1. The zero-order chi connectivity index (χ0) is 25.5. The number of para-hydroxylation sites is 1. The van der Waals surface area contributed by atoms with Crippen LogP contribution in [0.15, 0.2) is 72.9 Å². The van der Waals surface area contributed by atoms with Gasteiger partial charge in [0, 0.05) is 23.0 Å². The number of amides is 1. The SMILES string of the molecule is CCCOc1ccc(C=Cc2ccc(F)cc2)cc1C(=O)NC(CO)[C@H](C)c1c[nH]c2ccccc12. The lowest BCUT2D eigenvalue weighted by Crippen LogP contribution is -2.41. The average Bonchev–Trinajstić information content (AvgIpc) is 3.34. The van der Waals surface area contributed by atoms with E-state index in [1.54, 1.807) is 24.3 Å². The summed E-state index contributed by atoms with van der Waals surface area (Å²) < 4.78 is 19.0. The maximum absolute atomic E-state index is 13.4. The summed E-state index contributed by atoms with van der Waals surface area (Å²) in [5.41, 5.74) is 4.09. The van der Waals surface area contributed by atoms with Crippen LogP contribution in [0.3, 0.4) is 0 Å². The van der Waals surface area contributed by atoms with Crippen molar-refractivity contribution >= 4 is 29.0 Å². The van der Waals surface area contributed by atoms with Gasteiger partial charge in [0.05, 0.1) is 24.8 Å². The Morgan fingerprint density at radius 1 is 1.08 bits per heavy atom. The molecule has 186 valence electrons. The van der Waals surface area contributed by atoms with Gasteiger partial charge in [0.25, 0.3) is 5.91 Å². The number of aliphatic hydroxyl groups excluding tert-OH is 1. The van der Waals surface area contributed by atoms with Crippen LogP contribution in [-0.4, -0.2) is 35.3 Å². The molecule has 0 aliphatic carbocycles. The molecule has 3 aromatic carbocycles. The van der Waals surface area contributed by atoms with Gasteiger partial charge >= 0.3 is 0 Å². The molecule has 0 aliphatic heterocycles. The Balaban J connectivity index is 1.58. The van der Waals surface area contributed by atoms with Crippen molar-refractivity contribution in [2.75, 3.05) is 13.2 Å². The third-order valence-corrected chi connectivity index (χ3v) is 6.28. The number of aromatic amines is 1. The summed E-state index contributed by atoms with van der Waals surface area (Å²) in [6.07, 6.45) is 6.47. The summed E-state index contributed by atoms with van der Waals surface area (Å²) in [6.45, 7) is 4.28. The fourth-order valence-electron chi connectivity index (χ4n) is 4.20. The molecule has 4 rings (SSSR count). The minimum absolute atomic E-state index is 0.128. The monoisotopic (exact) mass is 486 g/mol. The highest BCUT2D eigenvalue weighted by atomic mass is 19.1. The molecule has 1 unspecified atom stereocenters. The van der Waals surface area contributed by atoms with Gasteiger partial charge < -0.3 is 20.1 Å². The van der Waals surface area contributed by atoms with Gasteiger partial charge in [-0.25, -0.2) is 4.39 Å². The number of benzene rings is 3. The van der Waals surface area contributed by atoms with Crippen molar-refractivity contribution in [1.29, 1.82) is 0 Å². The Kier molecular flexibility index (Phi) is 8.18. The number of carbonyl (C=O) groups excluding carboxylic acids is 1. The summed E-state index contributed by atoms with van der Waals surface area (Å²) in [6, 6.07) is 19.1. The van der Waals surface area contributed by atoms with Gasteiger partial charge in [-0.1, -0.05) is 62.4 Å². The van der Waals surface area contributed by atoms with Crippen molar-refractivity contribution in [3.63, 3.8) is 0 Å². The van der Waals surface area contributed by atoms with E-state index in [4.69, 9.17) is 4.74 Å². The number of aromatic nitrogens is 1. The van der Waals surface area contributed by atoms with Gasteiger partial charge in [-0.2, -0.15) is 0 Å². The van der Waals surface area contributed by atoms with E-state index >= 15 is 0 Å². The van der Waals surface area contributed by atoms with E-state index in [1.165, 1.54) is 12.1 Å². The van der Waals surface area contributed by atoms with Gasteiger partial charge in [-0.05, 0) is 53.4 Å².